The van der Waals surface area contributed by atoms with Crippen molar-refractivity contribution < 1.29 is 9.84 Å². The molecule has 0 radical (unpaired) electrons. The van der Waals surface area contributed by atoms with E-state index in [4.69, 9.17) is 4.74 Å². The molecule has 1 N–H and O–H groups in total. The van der Waals surface area contributed by atoms with E-state index in [2.05, 4.69) is 39.0 Å². The number of ether oxygens (including phenoxy) is 1. The summed E-state index contributed by atoms with van der Waals surface area (Å²) in [6.07, 6.45) is 6.73. The number of hydrogen-bond acceptors (Lipinski definition) is 2. The smallest absolute Gasteiger partial charge is 0.0823 e. The molecule has 0 amide bonds. The highest BCUT2D eigenvalue weighted by Crippen LogP contribution is 2.52. The molecule has 2 aliphatic rings. The molecule has 2 nitrogen and oxygen atoms in total. The van der Waals surface area contributed by atoms with Gasteiger partial charge >= 0.3 is 0 Å². The van der Waals surface area contributed by atoms with Gasteiger partial charge in [-0.3, -0.25) is 0 Å². The Bertz CT molecular complexity index is 345. The zero-order chi connectivity index (χ0) is 12.6. The highest BCUT2D eigenvalue weighted by Gasteiger charge is 2.52. The van der Waals surface area contributed by atoms with Crippen molar-refractivity contribution in [1.29, 1.82) is 0 Å². The van der Waals surface area contributed by atoms with Crippen molar-refractivity contribution in [3.8, 4) is 0 Å². The molecule has 96 valence electrons. The second kappa shape index (κ2) is 4.58. The Labute approximate surface area is 104 Å². The van der Waals surface area contributed by atoms with Gasteiger partial charge in [-0.2, -0.15) is 0 Å². The predicted octanol–water partition coefficient (Wildman–Crippen LogP) is 2.79. The van der Waals surface area contributed by atoms with Crippen molar-refractivity contribution in [1.82, 2.24) is 0 Å². The first-order valence-electron chi connectivity index (χ1n) is 6.60. The van der Waals surface area contributed by atoms with Crippen LogP contribution in [0.15, 0.2) is 23.8 Å². The number of rotatable bonds is 2. The molecule has 1 saturated heterocycles. The van der Waals surface area contributed by atoms with Gasteiger partial charge in [-0.05, 0) is 25.7 Å². The second-order valence-electron chi connectivity index (χ2n) is 5.71. The first kappa shape index (κ1) is 12.8. The summed E-state index contributed by atoms with van der Waals surface area (Å²) in [5.74, 6) is 1.29. The maximum Gasteiger partial charge on any atom is 0.0823 e. The van der Waals surface area contributed by atoms with E-state index in [9.17, 15) is 5.11 Å². The number of aliphatic hydroxyl groups is 1. The lowest BCUT2D eigenvalue weighted by atomic mass is 9.56. The fraction of sp³-hybridized carbons (Fsp3) is 0.733. The zero-order valence-electron chi connectivity index (χ0n) is 11.3. The summed E-state index contributed by atoms with van der Waals surface area (Å²) in [5.41, 5.74) is 1.33. The Morgan fingerprint density at radius 3 is 2.82 bits per heavy atom. The summed E-state index contributed by atoms with van der Waals surface area (Å²) in [7, 11) is 0. The lowest BCUT2D eigenvalue weighted by molar-refractivity contribution is -0.148. The Morgan fingerprint density at radius 2 is 2.24 bits per heavy atom. The third kappa shape index (κ3) is 1.78. The molecule has 2 bridgehead atoms. The van der Waals surface area contributed by atoms with Crippen molar-refractivity contribution in [2.75, 3.05) is 13.2 Å². The SMILES string of the molecule is C/C=C/[C@H]1OC[C@@]2(CO)[C@H](C)C=C(C)[C@@H]1[C@@H]2C. The van der Waals surface area contributed by atoms with Gasteiger partial charge in [-0.1, -0.05) is 37.6 Å². The molecule has 0 aromatic heterocycles. The van der Waals surface area contributed by atoms with Crippen LogP contribution < -0.4 is 0 Å². The lowest BCUT2D eigenvalue weighted by Crippen LogP contribution is -2.55. The molecule has 0 aromatic rings. The molecule has 0 unspecified atom stereocenters. The predicted molar refractivity (Wildman–Crippen MR) is 69.6 cm³/mol. The second-order valence-corrected chi connectivity index (χ2v) is 5.71. The fourth-order valence-corrected chi connectivity index (χ4v) is 3.70. The molecule has 5 atom stereocenters. The molecule has 1 fully saturated rings. The van der Waals surface area contributed by atoms with Gasteiger partial charge in [0, 0.05) is 11.3 Å². The lowest BCUT2D eigenvalue weighted by Gasteiger charge is -2.54. The van der Waals surface area contributed by atoms with Crippen molar-refractivity contribution in [3.05, 3.63) is 23.8 Å². The minimum atomic E-state index is -0.0811. The minimum Gasteiger partial charge on any atom is -0.396 e. The summed E-state index contributed by atoms with van der Waals surface area (Å²) < 4.78 is 6.00. The summed E-state index contributed by atoms with van der Waals surface area (Å²) in [6.45, 7) is 9.59. The van der Waals surface area contributed by atoms with Gasteiger partial charge in [0.1, 0.15) is 0 Å². The van der Waals surface area contributed by atoms with Crippen LogP contribution >= 0.6 is 0 Å². The molecule has 2 heteroatoms. The molecule has 17 heavy (non-hydrogen) atoms. The molecule has 1 aliphatic carbocycles. The molecular weight excluding hydrogens is 212 g/mol. The highest BCUT2D eigenvalue weighted by molar-refractivity contribution is 5.22. The van der Waals surface area contributed by atoms with Crippen LogP contribution in [0.4, 0.5) is 0 Å². The Hall–Kier alpha value is -0.600. The average Bonchev–Trinajstić information content (AvgIpc) is 2.28. The van der Waals surface area contributed by atoms with Crippen LogP contribution in [0.3, 0.4) is 0 Å². The number of hydrogen-bond donors (Lipinski definition) is 1. The highest BCUT2D eigenvalue weighted by atomic mass is 16.5. The van der Waals surface area contributed by atoms with Crippen LogP contribution in [-0.4, -0.2) is 24.4 Å². The van der Waals surface area contributed by atoms with Crippen molar-refractivity contribution in [3.63, 3.8) is 0 Å². The number of fused-ring (bicyclic) bond motifs is 2. The molecule has 2 rings (SSSR count). The van der Waals surface area contributed by atoms with Crippen LogP contribution in [0.5, 0.6) is 0 Å². The van der Waals surface area contributed by atoms with Gasteiger partial charge in [0.05, 0.1) is 19.3 Å². The minimum absolute atomic E-state index is 0.0811. The quantitative estimate of drug-likeness (QED) is 0.747. The standard InChI is InChI=1S/C15H24O2/c1-5-6-13-14-10(2)7-11(3)15(8-16,9-17-13)12(14)4/h5-7,11-14,16H,8-9H2,1-4H3/b6-5+/t11-,12+,13-,14-,15+/m1/s1. The third-order valence-corrected chi connectivity index (χ3v) is 4.97. The van der Waals surface area contributed by atoms with E-state index in [1.165, 1.54) is 5.57 Å². The summed E-state index contributed by atoms with van der Waals surface area (Å²) in [5, 5.41) is 9.81. The van der Waals surface area contributed by atoms with Gasteiger partial charge in [0.2, 0.25) is 0 Å². The Kier molecular flexibility index (Phi) is 3.46. The van der Waals surface area contributed by atoms with E-state index in [0.29, 0.717) is 24.4 Å². The van der Waals surface area contributed by atoms with Crippen molar-refractivity contribution >= 4 is 0 Å². The normalized spacial score (nSPS) is 46.1. The maximum atomic E-state index is 9.81. The largest absolute Gasteiger partial charge is 0.396 e. The monoisotopic (exact) mass is 236 g/mol. The van der Waals surface area contributed by atoms with Gasteiger partial charge in [0.15, 0.2) is 0 Å². The van der Waals surface area contributed by atoms with Crippen LogP contribution in [0, 0.1) is 23.2 Å². The summed E-state index contributed by atoms with van der Waals surface area (Å²) in [6, 6.07) is 0. The molecule has 1 aliphatic heterocycles. The maximum absolute atomic E-state index is 9.81. The molecule has 0 spiro atoms. The Morgan fingerprint density at radius 1 is 1.53 bits per heavy atom. The van der Waals surface area contributed by atoms with Crippen LogP contribution in [0.25, 0.3) is 0 Å². The Balaban J connectivity index is 2.40. The number of allylic oxidation sites excluding steroid dienone is 2. The fourth-order valence-electron chi connectivity index (χ4n) is 3.70. The van der Waals surface area contributed by atoms with E-state index in [0.717, 1.165) is 0 Å². The van der Waals surface area contributed by atoms with Crippen molar-refractivity contribution in [2.45, 2.75) is 33.8 Å². The van der Waals surface area contributed by atoms with E-state index in [-0.39, 0.29) is 18.1 Å². The van der Waals surface area contributed by atoms with E-state index >= 15 is 0 Å². The molecule has 1 heterocycles. The van der Waals surface area contributed by atoms with E-state index in [1.807, 2.05) is 6.92 Å². The molecule has 0 aromatic carbocycles. The van der Waals surface area contributed by atoms with Gasteiger partial charge < -0.3 is 9.84 Å². The molecule has 0 saturated carbocycles. The van der Waals surface area contributed by atoms with Gasteiger partial charge in [-0.25, -0.2) is 0 Å². The zero-order valence-corrected chi connectivity index (χ0v) is 11.3. The average molecular weight is 236 g/mol. The first-order valence-corrected chi connectivity index (χ1v) is 6.60. The van der Waals surface area contributed by atoms with E-state index < -0.39 is 0 Å². The number of aliphatic hydroxyl groups excluding tert-OH is 1. The molecular formula is C15H24O2. The summed E-state index contributed by atoms with van der Waals surface area (Å²) >= 11 is 0. The van der Waals surface area contributed by atoms with Crippen molar-refractivity contribution in [2.24, 2.45) is 23.2 Å². The van der Waals surface area contributed by atoms with Crippen LogP contribution in [-0.2, 0) is 4.74 Å². The van der Waals surface area contributed by atoms with Gasteiger partial charge in [0.25, 0.3) is 0 Å². The topological polar surface area (TPSA) is 29.5 Å². The first-order chi connectivity index (χ1) is 8.06. The third-order valence-electron chi connectivity index (χ3n) is 4.97. The van der Waals surface area contributed by atoms with Gasteiger partial charge in [-0.15, -0.1) is 0 Å². The summed E-state index contributed by atoms with van der Waals surface area (Å²) in [4.78, 5) is 0. The van der Waals surface area contributed by atoms with E-state index in [1.54, 1.807) is 0 Å². The van der Waals surface area contributed by atoms with Crippen LogP contribution in [0.1, 0.15) is 27.7 Å². The van der Waals surface area contributed by atoms with Crippen LogP contribution in [0.2, 0.25) is 0 Å².